The molecule has 1 atom stereocenters. The van der Waals surface area contributed by atoms with E-state index in [1.165, 1.54) is 7.11 Å². The molecule has 1 aromatic carbocycles. The number of carbonyl (C=O) groups is 1. The van der Waals surface area contributed by atoms with Gasteiger partial charge in [-0.3, -0.25) is 0 Å². The number of carbonyl (C=O) groups excluding carboxylic acids is 1. The van der Waals surface area contributed by atoms with Gasteiger partial charge in [-0.15, -0.1) is 0 Å². The average molecular weight is 282 g/mol. The van der Waals surface area contributed by atoms with Crippen LogP contribution in [0.15, 0.2) is 35.7 Å². The molecular formula is C14H16ClNO3. The molecule has 5 heteroatoms. The van der Waals surface area contributed by atoms with Gasteiger partial charge in [0.25, 0.3) is 0 Å². The van der Waals surface area contributed by atoms with Gasteiger partial charge in [0.05, 0.1) is 13.0 Å². The lowest BCUT2D eigenvalue weighted by Gasteiger charge is -2.27. The van der Waals surface area contributed by atoms with Gasteiger partial charge in [-0.2, -0.15) is 0 Å². The van der Waals surface area contributed by atoms with Gasteiger partial charge in [-0.1, -0.05) is 23.7 Å². The number of hydrogen-bond acceptors (Lipinski definition) is 4. The summed E-state index contributed by atoms with van der Waals surface area (Å²) in [4.78, 5) is 11.9. The zero-order valence-corrected chi connectivity index (χ0v) is 11.8. The summed E-state index contributed by atoms with van der Waals surface area (Å²) in [7, 11) is 1.33. The highest BCUT2D eigenvalue weighted by molar-refractivity contribution is 6.30. The Bertz CT molecular complexity index is 534. The Kier molecular flexibility index (Phi) is 3.45. The number of methoxy groups -OCH3 is 1. The van der Waals surface area contributed by atoms with Gasteiger partial charge in [0.1, 0.15) is 11.2 Å². The van der Waals surface area contributed by atoms with E-state index in [4.69, 9.17) is 26.8 Å². The molecular weight excluding hydrogens is 266 g/mol. The number of nitrogens with two attached hydrogens (primary N) is 1. The molecule has 0 amide bonds. The molecule has 102 valence electrons. The van der Waals surface area contributed by atoms with Gasteiger partial charge < -0.3 is 15.2 Å². The zero-order chi connectivity index (χ0) is 14.2. The molecule has 0 spiro atoms. The Morgan fingerprint density at radius 2 is 1.95 bits per heavy atom. The average Bonchev–Trinajstić information content (AvgIpc) is 2.59. The molecule has 0 saturated heterocycles. The van der Waals surface area contributed by atoms with Crippen LogP contribution in [0.4, 0.5) is 0 Å². The first kappa shape index (κ1) is 13.7. The van der Waals surface area contributed by atoms with Gasteiger partial charge >= 0.3 is 5.97 Å². The van der Waals surface area contributed by atoms with Crippen molar-refractivity contribution in [3.8, 4) is 0 Å². The quantitative estimate of drug-likeness (QED) is 0.847. The van der Waals surface area contributed by atoms with E-state index in [9.17, 15) is 4.79 Å². The molecule has 1 heterocycles. The minimum atomic E-state index is -0.610. The van der Waals surface area contributed by atoms with Gasteiger partial charge in [-0.25, -0.2) is 4.79 Å². The van der Waals surface area contributed by atoms with Crippen molar-refractivity contribution in [1.29, 1.82) is 0 Å². The van der Waals surface area contributed by atoms with Crippen molar-refractivity contribution in [2.75, 3.05) is 7.11 Å². The molecule has 0 bridgehead atoms. The van der Waals surface area contributed by atoms with E-state index in [0.717, 1.165) is 5.56 Å². The topological polar surface area (TPSA) is 61.5 Å². The van der Waals surface area contributed by atoms with Crippen LogP contribution in [0.5, 0.6) is 0 Å². The number of benzene rings is 1. The van der Waals surface area contributed by atoms with Gasteiger partial charge in [-0.05, 0) is 31.5 Å². The van der Waals surface area contributed by atoms with E-state index in [1.807, 2.05) is 26.0 Å². The molecule has 0 aliphatic carbocycles. The Morgan fingerprint density at radius 1 is 1.37 bits per heavy atom. The second-order valence-electron chi connectivity index (χ2n) is 4.96. The van der Waals surface area contributed by atoms with Crippen LogP contribution in [-0.4, -0.2) is 18.7 Å². The SMILES string of the molecule is COC(=O)C1=C(N)OC(C)(C)[C@@H]1c1ccc(Cl)cc1. The van der Waals surface area contributed by atoms with Crippen LogP contribution in [-0.2, 0) is 14.3 Å². The molecule has 0 fully saturated rings. The van der Waals surface area contributed by atoms with Crippen molar-refractivity contribution < 1.29 is 14.3 Å². The highest BCUT2D eigenvalue weighted by atomic mass is 35.5. The normalized spacial score (nSPS) is 21.2. The summed E-state index contributed by atoms with van der Waals surface area (Å²) in [6, 6.07) is 7.27. The van der Waals surface area contributed by atoms with Crippen LogP contribution in [0, 0.1) is 0 Å². The zero-order valence-electron chi connectivity index (χ0n) is 11.1. The first-order chi connectivity index (χ1) is 8.86. The van der Waals surface area contributed by atoms with Crippen LogP contribution in [0.1, 0.15) is 25.3 Å². The molecule has 0 saturated carbocycles. The highest BCUT2D eigenvalue weighted by Crippen LogP contribution is 2.45. The summed E-state index contributed by atoms with van der Waals surface area (Å²) in [6.45, 7) is 3.77. The third kappa shape index (κ3) is 2.40. The predicted octanol–water partition coefficient (Wildman–Crippen LogP) is 2.58. The summed E-state index contributed by atoms with van der Waals surface area (Å²) in [5, 5.41) is 0.636. The molecule has 2 N–H and O–H groups in total. The molecule has 19 heavy (non-hydrogen) atoms. The lowest BCUT2D eigenvalue weighted by molar-refractivity contribution is -0.136. The maximum Gasteiger partial charge on any atom is 0.339 e. The van der Waals surface area contributed by atoms with Gasteiger partial charge in [0.15, 0.2) is 5.88 Å². The van der Waals surface area contributed by atoms with Crippen LogP contribution in [0.3, 0.4) is 0 Å². The van der Waals surface area contributed by atoms with Crippen molar-refractivity contribution in [3.05, 3.63) is 46.3 Å². The second-order valence-corrected chi connectivity index (χ2v) is 5.40. The number of hydrogen-bond donors (Lipinski definition) is 1. The number of rotatable bonds is 2. The summed E-state index contributed by atoms with van der Waals surface area (Å²) in [6.07, 6.45) is 0. The highest BCUT2D eigenvalue weighted by Gasteiger charge is 2.46. The van der Waals surface area contributed by atoms with Gasteiger partial charge in [0, 0.05) is 5.02 Å². The molecule has 1 aliphatic rings. The number of ether oxygens (including phenoxy) is 2. The Balaban J connectivity index is 2.50. The Labute approximate surface area is 117 Å². The fourth-order valence-corrected chi connectivity index (χ4v) is 2.56. The summed E-state index contributed by atoms with van der Waals surface area (Å²) >= 11 is 5.88. The Morgan fingerprint density at radius 3 is 2.47 bits per heavy atom. The van der Waals surface area contributed by atoms with Crippen molar-refractivity contribution >= 4 is 17.6 Å². The smallest absolute Gasteiger partial charge is 0.339 e. The molecule has 0 radical (unpaired) electrons. The van der Waals surface area contributed by atoms with E-state index in [2.05, 4.69) is 0 Å². The van der Waals surface area contributed by atoms with Crippen LogP contribution < -0.4 is 5.73 Å². The van der Waals surface area contributed by atoms with Crippen molar-refractivity contribution in [2.24, 2.45) is 5.73 Å². The Hall–Kier alpha value is -1.68. The molecule has 0 unspecified atom stereocenters. The monoisotopic (exact) mass is 281 g/mol. The van der Waals surface area contributed by atoms with E-state index in [1.54, 1.807) is 12.1 Å². The molecule has 1 aromatic rings. The first-order valence-electron chi connectivity index (χ1n) is 5.89. The van der Waals surface area contributed by atoms with Crippen molar-refractivity contribution in [3.63, 3.8) is 0 Å². The third-order valence-electron chi connectivity index (χ3n) is 3.23. The van der Waals surface area contributed by atoms with Crippen LogP contribution in [0.2, 0.25) is 5.02 Å². The minimum absolute atomic E-state index is 0.122. The number of halogens is 1. The molecule has 2 rings (SSSR count). The summed E-state index contributed by atoms with van der Waals surface area (Å²) in [5.41, 5.74) is 6.48. The molecule has 4 nitrogen and oxygen atoms in total. The summed E-state index contributed by atoms with van der Waals surface area (Å²) < 4.78 is 10.4. The number of esters is 1. The standard InChI is InChI=1S/C14H16ClNO3/c1-14(2)11(8-4-6-9(15)7-5-8)10(12(16)19-14)13(17)18-3/h4-7,11H,16H2,1-3H3/t11-/m1/s1. The van der Waals surface area contributed by atoms with E-state index in [0.29, 0.717) is 10.6 Å². The lowest BCUT2D eigenvalue weighted by atomic mass is 9.81. The third-order valence-corrected chi connectivity index (χ3v) is 3.48. The predicted molar refractivity (Wildman–Crippen MR) is 72.6 cm³/mol. The van der Waals surface area contributed by atoms with Crippen LogP contribution in [0.25, 0.3) is 0 Å². The maximum atomic E-state index is 11.9. The lowest BCUT2D eigenvalue weighted by Crippen LogP contribution is -2.29. The first-order valence-corrected chi connectivity index (χ1v) is 6.27. The maximum absolute atomic E-state index is 11.9. The van der Waals surface area contributed by atoms with Crippen molar-refractivity contribution in [2.45, 2.75) is 25.4 Å². The fourth-order valence-electron chi connectivity index (χ4n) is 2.44. The van der Waals surface area contributed by atoms with Gasteiger partial charge in [0.2, 0.25) is 0 Å². The van der Waals surface area contributed by atoms with E-state index in [-0.39, 0.29) is 11.8 Å². The largest absolute Gasteiger partial charge is 0.472 e. The summed E-state index contributed by atoms with van der Waals surface area (Å²) in [5.74, 6) is -0.628. The second kappa shape index (κ2) is 4.78. The minimum Gasteiger partial charge on any atom is -0.472 e. The van der Waals surface area contributed by atoms with Crippen LogP contribution >= 0.6 is 11.6 Å². The molecule has 0 aromatic heterocycles. The van der Waals surface area contributed by atoms with Crippen molar-refractivity contribution in [1.82, 2.24) is 0 Å². The van der Waals surface area contributed by atoms with E-state index < -0.39 is 11.6 Å². The molecule has 1 aliphatic heterocycles. The fraction of sp³-hybridized carbons (Fsp3) is 0.357. The van der Waals surface area contributed by atoms with E-state index >= 15 is 0 Å².